The molecular weight excluding hydrogens is 380 g/mol. The second kappa shape index (κ2) is 8.13. The fourth-order valence-electron chi connectivity index (χ4n) is 2.46. The van der Waals surface area contributed by atoms with Gasteiger partial charge in [0.05, 0.1) is 34.4 Å². The Kier molecular flexibility index (Phi) is 5.87. The molecule has 2 aromatic rings. The van der Waals surface area contributed by atoms with Gasteiger partial charge in [-0.2, -0.15) is 4.31 Å². The highest BCUT2D eigenvalue weighted by atomic mass is 35.5. The fraction of sp³-hybridized carbons (Fsp3) is 0.294. The van der Waals surface area contributed by atoms with Gasteiger partial charge in [0.15, 0.2) is 0 Å². The van der Waals surface area contributed by atoms with E-state index in [1.165, 1.54) is 22.5 Å². The van der Waals surface area contributed by atoms with Gasteiger partial charge in [0.25, 0.3) is 0 Å². The molecular formula is C17H17ClN2O5S. The Bertz CT molecular complexity index is 883. The second-order valence-corrected chi connectivity index (χ2v) is 7.90. The Morgan fingerprint density at radius 1 is 1.23 bits per heavy atom. The number of halogens is 1. The van der Waals surface area contributed by atoms with E-state index >= 15 is 0 Å². The molecule has 1 aliphatic rings. The molecule has 9 heteroatoms. The number of rotatable bonds is 5. The van der Waals surface area contributed by atoms with Gasteiger partial charge in [-0.15, -0.1) is 0 Å². The molecule has 1 saturated heterocycles. The largest absolute Gasteiger partial charge is 0.456 e. The van der Waals surface area contributed by atoms with Crippen molar-refractivity contribution in [1.82, 2.24) is 9.29 Å². The van der Waals surface area contributed by atoms with Gasteiger partial charge in [-0.3, -0.25) is 4.98 Å². The van der Waals surface area contributed by atoms with Crippen LogP contribution in [0.4, 0.5) is 0 Å². The first-order chi connectivity index (χ1) is 12.5. The van der Waals surface area contributed by atoms with Crippen LogP contribution in [0.15, 0.2) is 47.5 Å². The average molecular weight is 397 g/mol. The summed E-state index contributed by atoms with van der Waals surface area (Å²) < 4.78 is 37.1. The van der Waals surface area contributed by atoms with Gasteiger partial charge in [0.2, 0.25) is 10.0 Å². The molecule has 0 saturated carbocycles. The molecule has 1 aliphatic heterocycles. The third kappa shape index (κ3) is 4.21. The number of esters is 1. The van der Waals surface area contributed by atoms with Gasteiger partial charge < -0.3 is 9.47 Å². The zero-order valence-electron chi connectivity index (χ0n) is 13.8. The molecule has 2 heterocycles. The van der Waals surface area contributed by atoms with Crippen molar-refractivity contribution in [2.45, 2.75) is 11.5 Å². The number of hydrogen-bond acceptors (Lipinski definition) is 6. The summed E-state index contributed by atoms with van der Waals surface area (Å²) in [6.07, 6.45) is 1.59. The first-order valence-corrected chi connectivity index (χ1v) is 9.75. The minimum atomic E-state index is -3.73. The van der Waals surface area contributed by atoms with Crippen molar-refractivity contribution in [1.29, 1.82) is 0 Å². The summed E-state index contributed by atoms with van der Waals surface area (Å²) in [5.41, 5.74) is 0.575. The minimum absolute atomic E-state index is 0.00284. The van der Waals surface area contributed by atoms with Crippen LogP contribution in [0.25, 0.3) is 0 Å². The van der Waals surface area contributed by atoms with Crippen molar-refractivity contribution < 1.29 is 22.7 Å². The van der Waals surface area contributed by atoms with Gasteiger partial charge >= 0.3 is 5.97 Å². The average Bonchev–Trinajstić information content (AvgIpc) is 2.68. The number of benzene rings is 1. The smallest absolute Gasteiger partial charge is 0.340 e. The summed E-state index contributed by atoms with van der Waals surface area (Å²) in [7, 11) is -3.73. The Morgan fingerprint density at radius 3 is 2.69 bits per heavy atom. The van der Waals surface area contributed by atoms with E-state index in [0.29, 0.717) is 18.9 Å². The van der Waals surface area contributed by atoms with Gasteiger partial charge in [0.1, 0.15) is 6.61 Å². The maximum atomic E-state index is 12.7. The van der Waals surface area contributed by atoms with Gasteiger partial charge in [-0.05, 0) is 30.3 Å². The van der Waals surface area contributed by atoms with Gasteiger partial charge in [-0.25, -0.2) is 13.2 Å². The van der Waals surface area contributed by atoms with Crippen LogP contribution >= 0.6 is 11.6 Å². The summed E-state index contributed by atoms with van der Waals surface area (Å²) in [5.74, 6) is -0.709. The SMILES string of the molecule is O=C(OCc1ccccn1)c1cc(S(=O)(=O)N2CCOCC2)ccc1Cl. The zero-order chi connectivity index (χ0) is 18.6. The normalized spacial score (nSPS) is 15.6. The molecule has 0 radical (unpaired) electrons. The summed E-state index contributed by atoms with van der Waals surface area (Å²) in [6.45, 7) is 1.18. The number of carbonyl (C=O) groups is 1. The number of nitrogens with zero attached hydrogens (tertiary/aromatic N) is 2. The molecule has 1 aromatic carbocycles. The number of morpholine rings is 1. The van der Waals surface area contributed by atoms with E-state index in [1.54, 1.807) is 24.4 Å². The Hall–Kier alpha value is -2.00. The van der Waals surface area contributed by atoms with Crippen LogP contribution in [0.5, 0.6) is 0 Å². The first-order valence-electron chi connectivity index (χ1n) is 7.93. The molecule has 138 valence electrons. The molecule has 7 nitrogen and oxygen atoms in total. The predicted molar refractivity (Wildman–Crippen MR) is 94.4 cm³/mol. The lowest BCUT2D eigenvalue weighted by Gasteiger charge is -2.26. The first kappa shape index (κ1) is 18.8. The van der Waals surface area contributed by atoms with Crippen LogP contribution in [0.2, 0.25) is 5.02 Å². The molecule has 1 fully saturated rings. The lowest BCUT2D eigenvalue weighted by atomic mass is 10.2. The lowest BCUT2D eigenvalue weighted by molar-refractivity contribution is 0.0467. The van der Waals surface area contributed by atoms with Crippen molar-refractivity contribution in [3.8, 4) is 0 Å². The number of pyridine rings is 1. The molecule has 0 atom stereocenters. The monoisotopic (exact) mass is 396 g/mol. The van der Waals surface area contributed by atoms with Crippen LogP contribution in [0, 0.1) is 0 Å². The molecule has 3 rings (SSSR count). The van der Waals surface area contributed by atoms with Crippen LogP contribution in [-0.2, 0) is 26.1 Å². The number of ether oxygens (including phenoxy) is 2. The molecule has 0 aliphatic carbocycles. The van der Waals surface area contributed by atoms with Crippen LogP contribution in [0.1, 0.15) is 16.1 Å². The van der Waals surface area contributed by atoms with E-state index < -0.39 is 16.0 Å². The number of carbonyl (C=O) groups excluding carboxylic acids is 1. The Morgan fingerprint density at radius 2 is 2.00 bits per heavy atom. The summed E-state index contributed by atoms with van der Waals surface area (Å²) in [4.78, 5) is 16.4. The highest BCUT2D eigenvalue weighted by molar-refractivity contribution is 7.89. The van der Waals surface area contributed by atoms with Crippen LogP contribution < -0.4 is 0 Å². The van der Waals surface area contributed by atoms with E-state index in [9.17, 15) is 13.2 Å². The molecule has 1 aromatic heterocycles. The molecule has 0 spiro atoms. The quantitative estimate of drug-likeness (QED) is 0.719. The lowest BCUT2D eigenvalue weighted by Crippen LogP contribution is -2.40. The van der Waals surface area contributed by atoms with Gasteiger partial charge in [0, 0.05) is 19.3 Å². The molecule has 0 unspecified atom stereocenters. The Labute approximate surface area is 156 Å². The van der Waals surface area contributed by atoms with E-state index in [0.717, 1.165) is 0 Å². The van der Waals surface area contributed by atoms with Crippen molar-refractivity contribution >= 4 is 27.6 Å². The highest BCUT2D eigenvalue weighted by Crippen LogP contribution is 2.24. The summed E-state index contributed by atoms with van der Waals surface area (Å²) in [5, 5.41) is 0.122. The van der Waals surface area contributed by atoms with Crippen molar-refractivity contribution in [2.75, 3.05) is 26.3 Å². The minimum Gasteiger partial charge on any atom is -0.456 e. The molecule has 26 heavy (non-hydrogen) atoms. The van der Waals surface area contributed by atoms with Crippen molar-refractivity contribution in [3.05, 3.63) is 58.9 Å². The van der Waals surface area contributed by atoms with E-state index in [1.807, 2.05) is 0 Å². The maximum absolute atomic E-state index is 12.7. The maximum Gasteiger partial charge on any atom is 0.340 e. The highest BCUT2D eigenvalue weighted by Gasteiger charge is 2.27. The Balaban J connectivity index is 1.79. The summed E-state index contributed by atoms with van der Waals surface area (Å²) in [6, 6.07) is 9.25. The predicted octanol–water partition coefficient (Wildman–Crippen LogP) is 2.11. The zero-order valence-corrected chi connectivity index (χ0v) is 15.4. The molecule has 0 amide bonds. The van der Waals surface area contributed by atoms with E-state index in [2.05, 4.69) is 4.98 Å². The third-order valence-electron chi connectivity index (χ3n) is 3.84. The van der Waals surface area contributed by atoms with Gasteiger partial charge in [-0.1, -0.05) is 17.7 Å². The topological polar surface area (TPSA) is 85.8 Å². The molecule has 0 N–H and O–H groups in total. The second-order valence-electron chi connectivity index (χ2n) is 5.56. The number of aromatic nitrogens is 1. The van der Waals surface area contributed by atoms with E-state index in [-0.39, 0.29) is 35.2 Å². The molecule has 0 bridgehead atoms. The van der Waals surface area contributed by atoms with Crippen LogP contribution in [0.3, 0.4) is 0 Å². The van der Waals surface area contributed by atoms with Crippen molar-refractivity contribution in [3.63, 3.8) is 0 Å². The summed E-state index contributed by atoms with van der Waals surface area (Å²) >= 11 is 6.06. The fourth-order valence-corrected chi connectivity index (χ4v) is 4.09. The van der Waals surface area contributed by atoms with E-state index in [4.69, 9.17) is 21.1 Å². The standard InChI is InChI=1S/C17H17ClN2O5S/c18-16-5-4-14(26(22,23)20-7-9-24-10-8-20)11-15(16)17(21)25-12-13-3-1-2-6-19-13/h1-6,11H,7-10,12H2. The number of hydrogen-bond donors (Lipinski definition) is 0. The van der Waals surface area contributed by atoms with Crippen LogP contribution in [-0.4, -0.2) is 50.0 Å². The van der Waals surface area contributed by atoms with Crippen molar-refractivity contribution in [2.24, 2.45) is 0 Å². The number of sulfonamides is 1. The third-order valence-corrected chi connectivity index (χ3v) is 6.07.